The Morgan fingerprint density at radius 2 is 0.938 bits per heavy atom. The molecule has 0 fully saturated rings. The van der Waals surface area contributed by atoms with Gasteiger partial charge in [0.2, 0.25) is 0 Å². The fraction of sp³-hybridized carbons (Fsp3) is 1.00. The molecule has 0 aromatic carbocycles. The van der Waals surface area contributed by atoms with Crippen LogP contribution in [0.3, 0.4) is 0 Å². The van der Waals surface area contributed by atoms with Crippen LogP contribution in [0.15, 0.2) is 0 Å². The average molecular weight is 271 g/mol. The summed E-state index contributed by atoms with van der Waals surface area (Å²) in [5.74, 6) is 1.51. The van der Waals surface area contributed by atoms with Crippen LogP contribution in [0.4, 0.5) is 0 Å². The summed E-state index contributed by atoms with van der Waals surface area (Å²) >= 11 is 11.1. The maximum atomic E-state index is 5.57. The number of hydrogen-bond acceptors (Lipinski definition) is 2. The first kappa shape index (κ1) is 16.5. The van der Waals surface area contributed by atoms with Crippen molar-refractivity contribution in [3.8, 4) is 0 Å². The van der Waals surface area contributed by atoms with Gasteiger partial charge in [0.1, 0.15) is 0 Å². The molecule has 0 rings (SSSR count). The fourth-order valence-electron chi connectivity index (χ4n) is 1.27. The van der Waals surface area contributed by atoms with Crippen LogP contribution in [0.25, 0.3) is 0 Å². The van der Waals surface area contributed by atoms with E-state index in [0.29, 0.717) is 13.2 Å². The maximum Gasteiger partial charge on any atom is 0.0700 e. The topological polar surface area (TPSA) is 18.5 Å². The molecule has 2 nitrogen and oxygen atoms in total. The number of rotatable bonds is 13. The lowest BCUT2D eigenvalue weighted by Gasteiger charge is -2.05. The molecule has 0 saturated carbocycles. The minimum atomic E-state index is 0.705. The van der Waals surface area contributed by atoms with Crippen LogP contribution < -0.4 is 0 Å². The summed E-state index contributed by atoms with van der Waals surface area (Å²) in [4.78, 5) is 0. The highest BCUT2D eigenvalue weighted by molar-refractivity contribution is 6.18. The highest BCUT2D eigenvalue weighted by Gasteiger charge is 1.92. The van der Waals surface area contributed by atoms with Crippen LogP contribution in [0.5, 0.6) is 0 Å². The van der Waals surface area contributed by atoms with E-state index in [-0.39, 0.29) is 0 Å². The Morgan fingerprint density at radius 3 is 1.31 bits per heavy atom. The largest absolute Gasteiger partial charge is 0.379 e. The van der Waals surface area contributed by atoms with E-state index in [1.165, 1.54) is 0 Å². The standard InChI is InChI=1S/C12H24Cl2O2/c13-7-3-1-5-9-15-11-12-16-10-6-2-4-8-14/h1-12H2. The van der Waals surface area contributed by atoms with Gasteiger partial charge in [-0.1, -0.05) is 0 Å². The quantitative estimate of drug-likeness (QED) is 0.374. The average Bonchev–Trinajstić information content (AvgIpc) is 2.31. The van der Waals surface area contributed by atoms with Gasteiger partial charge in [-0.25, -0.2) is 0 Å². The molecule has 0 amide bonds. The van der Waals surface area contributed by atoms with Gasteiger partial charge in [-0.2, -0.15) is 0 Å². The van der Waals surface area contributed by atoms with Crippen LogP contribution in [0, 0.1) is 0 Å². The van der Waals surface area contributed by atoms with Gasteiger partial charge in [-0.05, 0) is 38.5 Å². The normalized spacial score (nSPS) is 10.9. The second kappa shape index (κ2) is 15.5. The Morgan fingerprint density at radius 1 is 0.500 bits per heavy atom. The van der Waals surface area contributed by atoms with Crippen LogP contribution in [-0.2, 0) is 9.47 Å². The summed E-state index contributed by atoms with van der Waals surface area (Å²) in [7, 11) is 0. The molecule has 0 atom stereocenters. The van der Waals surface area contributed by atoms with E-state index in [1.807, 2.05) is 0 Å². The van der Waals surface area contributed by atoms with E-state index in [4.69, 9.17) is 32.7 Å². The van der Waals surface area contributed by atoms with E-state index >= 15 is 0 Å². The van der Waals surface area contributed by atoms with E-state index < -0.39 is 0 Å². The van der Waals surface area contributed by atoms with E-state index in [1.54, 1.807) is 0 Å². The molecule has 0 aliphatic carbocycles. The first-order valence-corrected chi connectivity index (χ1v) is 7.26. The van der Waals surface area contributed by atoms with Crippen molar-refractivity contribution < 1.29 is 9.47 Å². The van der Waals surface area contributed by atoms with Crippen molar-refractivity contribution in [2.45, 2.75) is 38.5 Å². The first-order valence-electron chi connectivity index (χ1n) is 6.19. The van der Waals surface area contributed by atoms with Crippen molar-refractivity contribution in [2.24, 2.45) is 0 Å². The summed E-state index contributed by atoms with van der Waals surface area (Å²) in [6.45, 7) is 3.06. The molecule has 98 valence electrons. The van der Waals surface area contributed by atoms with Crippen molar-refractivity contribution in [1.82, 2.24) is 0 Å². The highest BCUT2D eigenvalue weighted by atomic mass is 35.5. The van der Waals surface area contributed by atoms with Gasteiger partial charge in [-0.3, -0.25) is 0 Å². The number of unbranched alkanes of at least 4 members (excludes halogenated alkanes) is 4. The minimum absolute atomic E-state index is 0.705. The summed E-state index contributed by atoms with van der Waals surface area (Å²) < 4.78 is 10.8. The van der Waals surface area contributed by atoms with Gasteiger partial charge in [-0.15, -0.1) is 23.2 Å². The lowest BCUT2D eigenvalue weighted by Crippen LogP contribution is -2.06. The Bertz CT molecular complexity index is 110. The van der Waals surface area contributed by atoms with Crippen molar-refractivity contribution >= 4 is 23.2 Å². The van der Waals surface area contributed by atoms with Crippen LogP contribution in [0.1, 0.15) is 38.5 Å². The molecule has 0 aromatic rings. The Hall–Kier alpha value is 0.500. The molecule has 0 N–H and O–H groups in total. The Labute approximate surface area is 110 Å². The summed E-state index contributed by atoms with van der Waals surface area (Å²) in [6, 6.07) is 0. The second-order valence-corrected chi connectivity index (χ2v) is 4.48. The summed E-state index contributed by atoms with van der Waals surface area (Å²) in [6.07, 6.45) is 6.68. The molecule has 0 saturated heterocycles. The molecule has 0 heterocycles. The molecule has 16 heavy (non-hydrogen) atoms. The number of ether oxygens (including phenoxy) is 2. The van der Waals surface area contributed by atoms with Gasteiger partial charge in [0, 0.05) is 25.0 Å². The smallest absolute Gasteiger partial charge is 0.0700 e. The molecule has 0 bridgehead atoms. The van der Waals surface area contributed by atoms with Crippen LogP contribution >= 0.6 is 23.2 Å². The molecular weight excluding hydrogens is 247 g/mol. The van der Waals surface area contributed by atoms with E-state index in [0.717, 1.165) is 63.5 Å². The van der Waals surface area contributed by atoms with Crippen molar-refractivity contribution in [2.75, 3.05) is 38.2 Å². The lowest BCUT2D eigenvalue weighted by molar-refractivity contribution is 0.0451. The van der Waals surface area contributed by atoms with Gasteiger partial charge in [0.25, 0.3) is 0 Å². The number of alkyl halides is 2. The predicted octanol–water partition coefficient (Wildman–Crippen LogP) is 3.84. The third-order valence-electron chi connectivity index (χ3n) is 2.22. The van der Waals surface area contributed by atoms with Gasteiger partial charge in [0.05, 0.1) is 13.2 Å². The highest BCUT2D eigenvalue weighted by Crippen LogP contribution is 1.98. The van der Waals surface area contributed by atoms with E-state index in [2.05, 4.69) is 0 Å². The van der Waals surface area contributed by atoms with E-state index in [9.17, 15) is 0 Å². The third-order valence-corrected chi connectivity index (χ3v) is 2.75. The van der Waals surface area contributed by atoms with Crippen LogP contribution in [0.2, 0.25) is 0 Å². The Balaban J connectivity index is 2.83. The molecule has 0 aromatic heterocycles. The summed E-state index contributed by atoms with van der Waals surface area (Å²) in [5.41, 5.74) is 0. The van der Waals surface area contributed by atoms with Crippen molar-refractivity contribution in [1.29, 1.82) is 0 Å². The zero-order valence-corrected chi connectivity index (χ0v) is 11.6. The van der Waals surface area contributed by atoms with Crippen molar-refractivity contribution in [3.63, 3.8) is 0 Å². The number of halogens is 2. The zero-order valence-electron chi connectivity index (χ0n) is 10.1. The number of hydrogen-bond donors (Lipinski definition) is 0. The van der Waals surface area contributed by atoms with Gasteiger partial charge < -0.3 is 9.47 Å². The SMILES string of the molecule is ClCCCCCOCCOCCCCCCl. The van der Waals surface area contributed by atoms with Gasteiger partial charge in [0.15, 0.2) is 0 Å². The fourth-order valence-corrected chi connectivity index (χ4v) is 1.65. The molecule has 0 unspecified atom stereocenters. The van der Waals surface area contributed by atoms with Crippen LogP contribution in [-0.4, -0.2) is 38.2 Å². The first-order chi connectivity index (χ1) is 7.91. The van der Waals surface area contributed by atoms with Gasteiger partial charge >= 0.3 is 0 Å². The molecule has 0 aliphatic rings. The zero-order chi connectivity index (χ0) is 11.9. The summed E-state index contributed by atoms with van der Waals surface area (Å²) in [5, 5.41) is 0. The molecule has 0 aliphatic heterocycles. The second-order valence-electron chi connectivity index (χ2n) is 3.72. The van der Waals surface area contributed by atoms with Crippen molar-refractivity contribution in [3.05, 3.63) is 0 Å². The third kappa shape index (κ3) is 14.5. The molecule has 0 spiro atoms. The molecule has 4 heteroatoms. The minimum Gasteiger partial charge on any atom is -0.379 e. The molecule has 0 radical (unpaired) electrons. The monoisotopic (exact) mass is 270 g/mol. The lowest BCUT2D eigenvalue weighted by atomic mass is 10.3. The Kier molecular flexibility index (Phi) is 16.0. The molecular formula is C12H24Cl2O2. The predicted molar refractivity (Wildman–Crippen MR) is 70.8 cm³/mol. The maximum absolute atomic E-state index is 5.57.